The van der Waals surface area contributed by atoms with Crippen molar-refractivity contribution in [2.24, 2.45) is 0 Å². The van der Waals surface area contributed by atoms with Crippen molar-refractivity contribution in [3.8, 4) is 0 Å². The quantitative estimate of drug-likeness (QED) is 0.0461. The number of hydrogen-bond acceptors (Lipinski definition) is 1. The summed E-state index contributed by atoms with van der Waals surface area (Å²) in [5.74, 6) is 0.842. The summed E-state index contributed by atoms with van der Waals surface area (Å²) < 4.78 is 0.627. The summed E-state index contributed by atoms with van der Waals surface area (Å²) in [6, 6.07) is 0. The number of rotatable bonds is 28. The Balaban J connectivity index is 3.01. The molecule has 0 radical (unpaired) electrons. The van der Waals surface area contributed by atoms with Crippen molar-refractivity contribution >= 4 is 40.8 Å². The molecule has 0 bridgehead atoms. The molecule has 0 saturated carbocycles. The molecule has 1 N–H and O–H groups in total. The van der Waals surface area contributed by atoms with Crippen molar-refractivity contribution in [1.29, 1.82) is 0 Å². The predicted octanol–water partition coefficient (Wildman–Crippen LogP) is 11.2. The molecule has 0 amide bonds. The lowest BCUT2D eigenvalue weighted by Gasteiger charge is -2.05. The van der Waals surface area contributed by atoms with E-state index in [-0.39, 0.29) is 0 Å². The first-order chi connectivity index (χ1) is 16.3. The zero-order valence-electron chi connectivity index (χ0n) is 22.0. The number of unbranched alkanes of at least 4 members (excludes halogenated alkanes) is 25. The van der Waals surface area contributed by atoms with E-state index in [2.05, 4.69) is 17.9 Å². The second-order valence-corrected chi connectivity index (χ2v) is 11.6. The van der Waals surface area contributed by atoms with Crippen molar-refractivity contribution in [3.63, 3.8) is 0 Å². The third-order valence-electron chi connectivity index (χ3n) is 6.84. The van der Waals surface area contributed by atoms with Gasteiger partial charge in [0.1, 0.15) is 4.32 Å². The highest BCUT2D eigenvalue weighted by molar-refractivity contribution is 8.11. The molecule has 0 fully saturated rings. The van der Waals surface area contributed by atoms with Crippen molar-refractivity contribution in [2.45, 2.75) is 167 Å². The molecule has 0 aliphatic rings. The minimum atomic E-state index is 0.627. The first-order valence-corrected chi connectivity index (χ1v) is 16.2. The summed E-state index contributed by atoms with van der Waals surface area (Å²) in [5.41, 5.74) is 0. The van der Waals surface area contributed by atoms with Gasteiger partial charge in [0.15, 0.2) is 0 Å². The molecule has 4 heteroatoms. The first kappa shape index (κ1) is 33.5. The topological polar surface area (TPSA) is 12.0 Å². The van der Waals surface area contributed by atoms with Crippen LogP contribution in [0, 0.1) is 0 Å². The minimum Gasteiger partial charge on any atom is -0.371 e. The van der Waals surface area contributed by atoms with Crippen LogP contribution in [0.25, 0.3) is 0 Å². The van der Waals surface area contributed by atoms with Gasteiger partial charge in [0.25, 0.3) is 0 Å². The fourth-order valence-electron chi connectivity index (χ4n) is 4.66. The lowest BCUT2D eigenvalue weighted by Crippen LogP contribution is -2.17. The maximum absolute atomic E-state index is 5.71. The average molecular weight is 520 g/mol. The van der Waals surface area contributed by atoms with Crippen LogP contribution in [-0.4, -0.2) is 16.7 Å². The Kier molecular flexibility index (Phi) is 31.1. The molecule has 0 atom stereocenters. The van der Waals surface area contributed by atoms with Crippen LogP contribution >= 0.6 is 36.4 Å². The van der Waals surface area contributed by atoms with E-state index in [0.29, 0.717) is 4.32 Å². The highest BCUT2D eigenvalue weighted by Crippen LogP contribution is 2.16. The Morgan fingerprint density at radius 2 is 0.636 bits per heavy atom. The molecular weight excluding hydrogens is 462 g/mol. The van der Waals surface area contributed by atoms with Crippen LogP contribution in [0.15, 0.2) is 0 Å². The summed E-state index contributed by atoms with van der Waals surface area (Å²) in [6.07, 6.45) is 36.9. The highest BCUT2D eigenvalue weighted by Gasteiger charge is 1.96. The number of thiocarbonyl (C=S) groups is 1. The maximum atomic E-state index is 5.71. The molecule has 0 saturated heterocycles. The number of hydrogen-bond donors (Lipinski definition) is 2. The molecule has 33 heavy (non-hydrogen) atoms. The fourth-order valence-corrected chi connectivity index (χ4v) is 5.06. The van der Waals surface area contributed by atoms with Crippen LogP contribution in [0.4, 0.5) is 0 Å². The SMILES string of the molecule is S=C(S)NCCCCCCCCCCCCCCCCCCCCCCCCCCCCCl. The smallest absolute Gasteiger partial charge is 0.130 e. The van der Waals surface area contributed by atoms with Crippen LogP contribution < -0.4 is 5.32 Å². The molecule has 0 heterocycles. The summed E-state index contributed by atoms with van der Waals surface area (Å²) in [7, 11) is 0. The molecule has 198 valence electrons. The van der Waals surface area contributed by atoms with Crippen LogP contribution in [0.2, 0.25) is 0 Å². The van der Waals surface area contributed by atoms with Gasteiger partial charge in [-0.15, -0.1) is 24.2 Å². The van der Waals surface area contributed by atoms with Crippen LogP contribution in [0.3, 0.4) is 0 Å². The fraction of sp³-hybridized carbons (Fsp3) is 0.966. The standard InChI is InChI=1S/C29H58ClNS2/c30-27-25-23-21-19-17-15-13-11-9-7-5-3-1-2-4-6-8-10-12-14-16-18-20-22-24-26-28-31-29(32)33/h1-28H2,(H2,31,32,33). The zero-order chi connectivity index (χ0) is 24.1. The Bertz CT molecular complexity index is 379. The second kappa shape index (κ2) is 30.6. The molecule has 0 aliphatic carbocycles. The van der Waals surface area contributed by atoms with Crippen LogP contribution in [-0.2, 0) is 0 Å². The first-order valence-electron chi connectivity index (χ1n) is 14.8. The van der Waals surface area contributed by atoms with Crippen LogP contribution in [0.5, 0.6) is 0 Å². The van der Waals surface area contributed by atoms with Crippen molar-refractivity contribution in [2.75, 3.05) is 12.4 Å². The largest absolute Gasteiger partial charge is 0.371 e. The molecular formula is C29H58ClNS2. The summed E-state index contributed by atoms with van der Waals surface area (Å²) >= 11 is 14.7. The summed E-state index contributed by atoms with van der Waals surface area (Å²) in [6.45, 7) is 0.985. The van der Waals surface area contributed by atoms with Gasteiger partial charge in [-0.1, -0.05) is 166 Å². The van der Waals surface area contributed by atoms with E-state index in [1.807, 2.05) is 0 Å². The van der Waals surface area contributed by atoms with Crippen molar-refractivity contribution in [1.82, 2.24) is 5.32 Å². The highest BCUT2D eigenvalue weighted by atomic mass is 35.5. The number of nitrogens with one attached hydrogen (secondary N) is 1. The molecule has 0 aromatic rings. The van der Waals surface area contributed by atoms with Gasteiger partial charge in [-0.05, 0) is 12.8 Å². The van der Waals surface area contributed by atoms with Gasteiger partial charge in [0.2, 0.25) is 0 Å². The normalized spacial score (nSPS) is 11.2. The lowest BCUT2D eigenvalue weighted by atomic mass is 10.0. The molecule has 0 aromatic heterocycles. The van der Waals surface area contributed by atoms with E-state index in [4.69, 9.17) is 23.8 Å². The average Bonchev–Trinajstić information content (AvgIpc) is 2.80. The maximum Gasteiger partial charge on any atom is 0.130 e. The summed E-state index contributed by atoms with van der Waals surface area (Å²) in [5, 5.41) is 3.11. The number of halogens is 1. The van der Waals surface area contributed by atoms with Crippen LogP contribution in [0.1, 0.15) is 167 Å². The molecule has 0 spiro atoms. The Morgan fingerprint density at radius 1 is 0.424 bits per heavy atom. The minimum absolute atomic E-state index is 0.627. The van der Waals surface area contributed by atoms with Crippen molar-refractivity contribution in [3.05, 3.63) is 0 Å². The zero-order valence-corrected chi connectivity index (χ0v) is 24.5. The van der Waals surface area contributed by atoms with E-state index < -0.39 is 0 Å². The lowest BCUT2D eigenvalue weighted by molar-refractivity contribution is 0.515. The molecule has 0 unspecified atom stereocenters. The van der Waals surface area contributed by atoms with E-state index in [1.54, 1.807) is 0 Å². The van der Waals surface area contributed by atoms with E-state index in [1.165, 1.54) is 167 Å². The number of thiol groups is 1. The van der Waals surface area contributed by atoms with E-state index in [0.717, 1.165) is 12.4 Å². The van der Waals surface area contributed by atoms with E-state index >= 15 is 0 Å². The number of alkyl halides is 1. The summed E-state index contributed by atoms with van der Waals surface area (Å²) in [4.78, 5) is 0. The molecule has 0 aromatic carbocycles. The van der Waals surface area contributed by atoms with Crippen molar-refractivity contribution < 1.29 is 0 Å². The van der Waals surface area contributed by atoms with Gasteiger partial charge < -0.3 is 5.32 Å². The third kappa shape index (κ3) is 32.5. The Labute approximate surface area is 224 Å². The predicted molar refractivity (Wildman–Crippen MR) is 160 cm³/mol. The Hall–Kier alpha value is 0.530. The van der Waals surface area contributed by atoms with Gasteiger partial charge in [0.05, 0.1) is 0 Å². The van der Waals surface area contributed by atoms with Gasteiger partial charge in [-0.25, -0.2) is 0 Å². The van der Waals surface area contributed by atoms with Gasteiger partial charge in [-0.3, -0.25) is 0 Å². The third-order valence-corrected chi connectivity index (χ3v) is 7.41. The van der Waals surface area contributed by atoms with Gasteiger partial charge >= 0.3 is 0 Å². The van der Waals surface area contributed by atoms with Gasteiger partial charge in [0, 0.05) is 12.4 Å². The monoisotopic (exact) mass is 519 g/mol. The second-order valence-electron chi connectivity index (χ2n) is 10.1. The van der Waals surface area contributed by atoms with Gasteiger partial charge in [-0.2, -0.15) is 0 Å². The van der Waals surface area contributed by atoms with E-state index in [9.17, 15) is 0 Å². The molecule has 0 aliphatic heterocycles. The Morgan fingerprint density at radius 3 is 0.848 bits per heavy atom. The molecule has 1 nitrogen and oxygen atoms in total. The molecule has 0 rings (SSSR count).